The van der Waals surface area contributed by atoms with Crippen molar-refractivity contribution in [2.75, 3.05) is 7.05 Å². The smallest absolute Gasteiger partial charge is 0.321 e. The molecular formula is C14H18N4O2S2. The summed E-state index contributed by atoms with van der Waals surface area (Å²) in [7, 11) is 1.47. The van der Waals surface area contributed by atoms with Gasteiger partial charge in [0, 0.05) is 17.3 Å². The van der Waals surface area contributed by atoms with Gasteiger partial charge in [-0.2, -0.15) is 0 Å². The average molecular weight is 338 g/mol. The van der Waals surface area contributed by atoms with Crippen molar-refractivity contribution < 1.29 is 9.59 Å². The Balaban J connectivity index is 2.31. The summed E-state index contributed by atoms with van der Waals surface area (Å²) in [4.78, 5) is 34.3. The van der Waals surface area contributed by atoms with Crippen LogP contribution in [-0.2, 0) is 4.79 Å². The largest absolute Gasteiger partial charge is 0.341 e. The number of aryl methyl sites for hydroxylation is 3. The predicted octanol–water partition coefficient (Wildman–Crippen LogP) is 2.55. The Kier molecular flexibility index (Phi) is 5.02. The van der Waals surface area contributed by atoms with Gasteiger partial charge in [0.15, 0.2) is 0 Å². The summed E-state index contributed by atoms with van der Waals surface area (Å²) in [5.41, 5.74) is 1.14. The summed E-state index contributed by atoms with van der Waals surface area (Å²) in [5, 5.41) is 5.99. The number of carbonyl (C=O) groups is 2. The van der Waals surface area contributed by atoms with Gasteiger partial charge in [-0.1, -0.05) is 11.8 Å². The van der Waals surface area contributed by atoms with E-state index in [1.807, 2.05) is 20.8 Å². The molecular weight excluding hydrogens is 320 g/mol. The quantitative estimate of drug-likeness (QED) is 0.664. The number of aromatic nitrogens is 2. The normalized spacial score (nSPS) is 12.2. The zero-order chi connectivity index (χ0) is 16.4. The molecule has 0 aromatic carbocycles. The van der Waals surface area contributed by atoms with E-state index in [4.69, 9.17) is 0 Å². The SMILES string of the molecule is CNC(=O)NC(=O)C(C)Sc1nc(C)nc2sc(C)c(C)c12. The molecule has 0 spiro atoms. The molecule has 22 heavy (non-hydrogen) atoms. The van der Waals surface area contributed by atoms with E-state index in [0.717, 1.165) is 20.8 Å². The van der Waals surface area contributed by atoms with Crippen LogP contribution in [0.4, 0.5) is 4.79 Å². The van der Waals surface area contributed by atoms with Crippen LogP contribution in [0, 0.1) is 20.8 Å². The number of hydrogen-bond acceptors (Lipinski definition) is 6. The Bertz CT molecular complexity index is 742. The molecule has 8 heteroatoms. The number of fused-ring (bicyclic) bond motifs is 1. The van der Waals surface area contributed by atoms with Crippen molar-refractivity contribution in [3.05, 3.63) is 16.3 Å². The van der Waals surface area contributed by atoms with Crippen molar-refractivity contribution in [1.29, 1.82) is 0 Å². The van der Waals surface area contributed by atoms with E-state index >= 15 is 0 Å². The van der Waals surface area contributed by atoms with E-state index in [0.29, 0.717) is 5.82 Å². The van der Waals surface area contributed by atoms with Crippen LogP contribution < -0.4 is 10.6 Å². The van der Waals surface area contributed by atoms with Crippen LogP contribution in [0.3, 0.4) is 0 Å². The van der Waals surface area contributed by atoms with Gasteiger partial charge in [0.2, 0.25) is 5.91 Å². The lowest BCUT2D eigenvalue weighted by Gasteiger charge is -2.11. The number of hydrogen-bond donors (Lipinski definition) is 2. The Morgan fingerprint density at radius 2 is 1.91 bits per heavy atom. The van der Waals surface area contributed by atoms with E-state index in [1.165, 1.54) is 23.7 Å². The van der Waals surface area contributed by atoms with Gasteiger partial charge in [-0.25, -0.2) is 14.8 Å². The van der Waals surface area contributed by atoms with Gasteiger partial charge in [-0.05, 0) is 33.3 Å². The number of amides is 3. The highest BCUT2D eigenvalue weighted by atomic mass is 32.2. The molecule has 0 saturated heterocycles. The maximum absolute atomic E-state index is 12.0. The summed E-state index contributed by atoms with van der Waals surface area (Å²) in [6, 6.07) is -0.510. The molecule has 6 nitrogen and oxygen atoms in total. The molecule has 0 fully saturated rings. The third kappa shape index (κ3) is 3.38. The summed E-state index contributed by atoms with van der Waals surface area (Å²) in [6.07, 6.45) is 0. The van der Waals surface area contributed by atoms with Crippen LogP contribution in [0.2, 0.25) is 0 Å². The van der Waals surface area contributed by atoms with Gasteiger partial charge in [0.1, 0.15) is 15.7 Å². The van der Waals surface area contributed by atoms with E-state index in [2.05, 4.69) is 20.6 Å². The predicted molar refractivity (Wildman–Crippen MR) is 89.5 cm³/mol. The van der Waals surface area contributed by atoms with E-state index in [1.54, 1.807) is 18.3 Å². The first-order valence-corrected chi connectivity index (χ1v) is 8.46. The second-order valence-electron chi connectivity index (χ2n) is 4.87. The van der Waals surface area contributed by atoms with Gasteiger partial charge >= 0.3 is 6.03 Å². The molecule has 0 aliphatic heterocycles. The van der Waals surface area contributed by atoms with Crippen molar-refractivity contribution in [2.45, 2.75) is 38.0 Å². The first-order chi connectivity index (χ1) is 10.3. The third-order valence-electron chi connectivity index (χ3n) is 3.23. The highest BCUT2D eigenvalue weighted by molar-refractivity contribution is 8.00. The summed E-state index contributed by atoms with van der Waals surface area (Å²) < 4.78 is 0. The minimum absolute atomic E-state index is 0.349. The maximum atomic E-state index is 12.0. The molecule has 0 saturated carbocycles. The highest BCUT2D eigenvalue weighted by Crippen LogP contribution is 2.36. The summed E-state index contributed by atoms with van der Waals surface area (Å²) in [5.74, 6) is 0.327. The van der Waals surface area contributed by atoms with Gasteiger partial charge in [0.25, 0.3) is 0 Å². The Morgan fingerprint density at radius 1 is 1.23 bits per heavy atom. The second-order valence-corrected chi connectivity index (χ2v) is 7.40. The lowest BCUT2D eigenvalue weighted by Crippen LogP contribution is -2.41. The summed E-state index contributed by atoms with van der Waals surface area (Å²) >= 11 is 2.97. The topological polar surface area (TPSA) is 84.0 Å². The molecule has 0 aliphatic carbocycles. The van der Waals surface area contributed by atoms with Gasteiger partial charge in [-0.15, -0.1) is 11.3 Å². The number of rotatable bonds is 3. The monoisotopic (exact) mass is 338 g/mol. The number of thiophene rings is 1. The molecule has 2 N–H and O–H groups in total. The van der Waals surface area contributed by atoms with Crippen molar-refractivity contribution in [3.8, 4) is 0 Å². The number of carbonyl (C=O) groups excluding carboxylic acids is 2. The Morgan fingerprint density at radius 3 is 2.55 bits per heavy atom. The van der Waals surface area contributed by atoms with Crippen LogP contribution in [0.15, 0.2) is 5.03 Å². The number of nitrogens with zero attached hydrogens (tertiary/aromatic N) is 2. The molecule has 2 rings (SSSR count). The molecule has 0 radical (unpaired) electrons. The van der Waals surface area contributed by atoms with Gasteiger partial charge in [0.05, 0.1) is 5.25 Å². The molecule has 2 aromatic rings. The number of imide groups is 1. The van der Waals surface area contributed by atoms with E-state index < -0.39 is 11.3 Å². The number of nitrogens with one attached hydrogen (secondary N) is 2. The maximum Gasteiger partial charge on any atom is 0.321 e. The fourth-order valence-electron chi connectivity index (χ4n) is 1.90. The van der Waals surface area contributed by atoms with E-state index in [-0.39, 0.29) is 5.91 Å². The van der Waals surface area contributed by atoms with Crippen LogP contribution >= 0.6 is 23.1 Å². The average Bonchev–Trinajstić information content (AvgIpc) is 2.73. The van der Waals surface area contributed by atoms with Gasteiger partial charge in [-0.3, -0.25) is 10.1 Å². The lowest BCUT2D eigenvalue weighted by molar-refractivity contribution is -0.119. The minimum Gasteiger partial charge on any atom is -0.341 e. The van der Waals surface area contributed by atoms with Crippen LogP contribution in [0.25, 0.3) is 10.2 Å². The van der Waals surface area contributed by atoms with Gasteiger partial charge < -0.3 is 5.32 Å². The van der Waals surface area contributed by atoms with Crippen LogP contribution in [-0.4, -0.2) is 34.2 Å². The molecule has 0 bridgehead atoms. The highest BCUT2D eigenvalue weighted by Gasteiger charge is 2.21. The van der Waals surface area contributed by atoms with Crippen molar-refractivity contribution in [1.82, 2.24) is 20.6 Å². The number of urea groups is 1. The van der Waals surface area contributed by atoms with Crippen molar-refractivity contribution in [3.63, 3.8) is 0 Å². The molecule has 118 valence electrons. The Hall–Kier alpha value is -1.67. The zero-order valence-electron chi connectivity index (χ0n) is 13.1. The van der Waals surface area contributed by atoms with Crippen molar-refractivity contribution in [2.24, 2.45) is 0 Å². The molecule has 1 unspecified atom stereocenters. The first-order valence-electron chi connectivity index (χ1n) is 6.77. The van der Waals surface area contributed by atoms with Crippen LogP contribution in [0.1, 0.15) is 23.2 Å². The Labute approximate surface area is 137 Å². The fourth-order valence-corrected chi connectivity index (χ4v) is 4.09. The molecule has 2 aromatic heterocycles. The third-order valence-corrected chi connectivity index (χ3v) is 5.42. The summed E-state index contributed by atoms with van der Waals surface area (Å²) in [6.45, 7) is 7.67. The van der Waals surface area contributed by atoms with E-state index in [9.17, 15) is 9.59 Å². The second kappa shape index (κ2) is 6.62. The molecule has 0 aliphatic rings. The first kappa shape index (κ1) is 16.7. The zero-order valence-corrected chi connectivity index (χ0v) is 14.7. The molecule has 1 atom stereocenters. The molecule has 2 heterocycles. The lowest BCUT2D eigenvalue weighted by atomic mass is 10.2. The molecule has 3 amide bonds. The number of thioether (sulfide) groups is 1. The fraction of sp³-hybridized carbons (Fsp3) is 0.429. The standard InChI is InChI=1S/C14H18N4O2S2/c1-6-7(2)21-12-10(6)13(17-9(4)16-12)22-8(3)11(19)18-14(20)15-5/h8H,1-5H3,(H2,15,18,19,20). The minimum atomic E-state index is -0.510. The van der Waals surface area contributed by atoms with Crippen LogP contribution in [0.5, 0.6) is 0 Å². The van der Waals surface area contributed by atoms with Crippen molar-refractivity contribution >= 4 is 45.3 Å².